The van der Waals surface area contributed by atoms with Crippen LogP contribution < -0.4 is 10.6 Å². The topological polar surface area (TPSA) is 78.4 Å². The van der Waals surface area contributed by atoms with Crippen molar-refractivity contribution in [3.8, 4) is 0 Å². The average molecular weight is 262 g/mol. The summed E-state index contributed by atoms with van der Waals surface area (Å²) in [7, 11) is 0. The molecule has 3 N–H and O–H groups in total. The van der Waals surface area contributed by atoms with Gasteiger partial charge in [0.15, 0.2) is 0 Å². The van der Waals surface area contributed by atoms with Crippen molar-refractivity contribution in [2.75, 3.05) is 11.9 Å². The van der Waals surface area contributed by atoms with E-state index in [0.717, 1.165) is 23.2 Å². The molecule has 0 saturated heterocycles. The van der Waals surface area contributed by atoms with Gasteiger partial charge in [-0.3, -0.25) is 9.59 Å². The van der Waals surface area contributed by atoms with Crippen LogP contribution in [0.5, 0.6) is 0 Å². The van der Waals surface area contributed by atoms with Crippen LogP contribution in [0.25, 0.3) is 0 Å². The molecule has 1 heterocycles. The fraction of sp³-hybridized carbons (Fsp3) is 0.429. The molecule has 5 heteroatoms. The standard InChI is InChI=1S/C14H18N2O3/c17-7-1-2-13(18)15-9-10-3-5-12-11(8-10)4-6-14(19)16-12/h3,5,8,17H,1-2,4,6-7,9H2,(H,15,18)(H,16,19). The Kier molecular flexibility index (Phi) is 4.52. The molecule has 0 radical (unpaired) electrons. The second kappa shape index (κ2) is 6.33. The highest BCUT2D eigenvalue weighted by Crippen LogP contribution is 2.23. The Morgan fingerprint density at radius 1 is 1.37 bits per heavy atom. The predicted molar refractivity (Wildman–Crippen MR) is 71.6 cm³/mol. The molecule has 0 aliphatic carbocycles. The summed E-state index contributed by atoms with van der Waals surface area (Å²) in [6.07, 6.45) is 2.09. The van der Waals surface area contributed by atoms with Gasteiger partial charge < -0.3 is 15.7 Å². The number of benzene rings is 1. The van der Waals surface area contributed by atoms with E-state index in [-0.39, 0.29) is 18.4 Å². The van der Waals surface area contributed by atoms with Crippen molar-refractivity contribution in [2.45, 2.75) is 32.2 Å². The van der Waals surface area contributed by atoms with E-state index in [1.807, 2.05) is 18.2 Å². The Morgan fingerprint density at radius 3 is 3.00 bits per heavy atom. The van der Waals surface area contributed by atoms with Gasteiger partial charge >= 0.3 is 0 Å². The van der Waals surface area contributed by atoms with Crippen LogP contribution in [0.1, 0.15) is 30.4 Å². The summed E-state index contributed by atoms with van der Waals surface area (Å²) in [5.41, 5.74) is 3.00. The summed E-state index contributed by atoms with van der Waals surface area (Å²) >= 11 is 0. The maximum absolute atomic E-state index is 11.4. The summed E-state index contributed by atoms with van der Waals surface area (Å²) in [5.74, 6) is -0.00219. The summed E-state index contributed by atoms with van der Waals surface area (Å²) in [6, 6.07) is 5.79. The highest BCUT2D eigenvalue weighted by molar-refractivity contribution is 5.93. The second-order valence-electron chi connectivity index (χ2n) is 4.64. The van der Waals surface area contributed by atoms with Crippen LogP contribution in [0.4, 0.5) is 5.69 Å². The maximum Gasteiger partial charge on any atom is 0.224 e. The first kappa shape index (κ1) is 13.5. The van der Waals surface area contributed by atoms with Gasteiger partial charge in [-0.2, -0.15) is 0 Å². The van der Waals surface area contributed by atoms with Crippen molar-refractivity contribution in [3.63, 3.8) is 0 Å². The first-order chi connectivity index (χ1) is 9.19. The van der Waals surface area contributed by atoms with Gasteiger partial charge in [0.05, 0.1) is 0 Å². The molecule has 1 aromatic carbocycles. The number of hydrogen-bond donors (Lipinski definition) is 3. The van der Waals surface area contributed by atoms with Crippen LogP contribution in [0.2, 0.25) is 0 Å². The lowest BCUT2D eigenvalue weighted by Crippen LogP contribution is -2.23. The fourth-order valence-electron chi connectivity index (χ4n) is 2.08. The first-order valence-electron chi connectivity index (χ1n) is 6.48. The molecule has 0 atom stereocenters. The van der Waals surface area contributed by atoms with Crippen molar-refractivity contribution in [3.05, 3.63) is 29.3 Å². The van der Waals surface area contributed by atoms with Crippen LogP contribution in [0, 0.1) is 0 Å². The van der Waals surface area contributed by atoms with Gasteiger partial charge in [0.25, 0.3) is 0 Å². The third kappa shape index (κ3) is 3.79. The maximum atomic E-state index is 11.4. The smallest absolute Gasteiger partial charge is 0.224 e. The Balaban J connectivity index is 1.91. The number of carbonyl (C=O) groups excluding carboxylic acids is 2. The Hall–Kier alpha value is -1.88. The highest BCUT2D eigenvalue weighted by Gasteiger charge is 2.14. The molecular formula is C14H18N2O3. The van der Waals surface area contributed by atoms with Crippen molar-refractivity contribution >= 4 is 17.5 Å². The van der Waals surface area contributed by atoms with Gasteiger partial charge in [0, 0.05) is 31.7 Å². The molecule has 102 valence electrons. The molecule has 19 heavy (non-hydrogen) atoms. The predicted octanol–water partition coefficient (Wildman–Crippen LogP) is 0.960. The molecule has 0 spiro atoms. The number of aliphatic hydroxyl groups excluding tert-OH is 1. The number of carbonyl (C=O) groups is 2. The molecule has 2 amide bonds. The molecule has 2 rings (SSSR count). The highest BCUT2D eigenvalue weighted by atomic mass is 16.3. The van der Waals surface area contributed by atoms with E-state index in [0.29, 0.717) is 25.8 Å². The zero-order valence-corrected chi connectivity index (χ0v) is 10.7. The number of aliphatic hydroxyl groups is 1. The third-order valence-corrected chi connectivity index (χ3v) is 3.12. The van der Waals surface area contributed by atoms with Gasteiger partial charge in [-0.25, -0.2) is 0 Å². The van der Waals surface area contributed by atoms with E-state index in [4.69, 9.17) is 5.11 Å². The van der Waals surface area contributed by atoms with E-state index < -0.39 is 0 Å². The van der Waals surface area contributed by atoms with E-state index >= 15 is 0 Å². The zero-order valence-electron chi connectivity index (χ0n) is 10.7. The lowest BCUT2D eigenvalue weighted by molar-refractivity contribution is -0.121. The van der Waals surface area contributed by atoms with Crippen molar-refractivity contribution in [1.29, 1.82) is 0 Å². The third-order valence-electron chi connectivity index (χ3n) is 3.12. The Bertz CT molecular complexity index is 486. The number of nitrogens with one attached hydrogen (secondary N) is 2. The van der Waals surface area contributed by atoms with Gasteiger partial charge in [-0.05, 0) is 30.0 Å². The molecule has 1 aromatic rings. The molecule has 0 unspecified atom stereocenters. The quantitative estimate of drug-likeness (QED) is 0.739. The number of fused-ring (bicyclic) bond motifs is 1. The first-order valence-corrected chi connectivity index (χ1v) is 6.48. The molecular weight excluding hydrogens is 244 g/mol. The minimum absolute atomic E-state index is 0.0337. The van der Waals surface area contributed by atoms with Crippen LogP contribution in [0.15, 0.2) is 18.2 Å². The van der Waals surface area contributed by atoms with E-state index in [2.05, 4.69) is 10.6 Å². The van der Waals surface area contributed by atoms with E-state index in [9.17, 15) is 9.59 Å². The van der Waals surface area contributed by atoms with Crippen molar-refractivity contribution in [1.82, 2.24) is 5.32 Å². The van der Waals surface area contributed by atoms with Crippen molar-refractivity contribution in [2.24, 2.45) is 0 Å². The van der Waals surface area contributed by atoms with E-state index in [1.165, 1.54) is 0 Å². The Labute approximate surface area is 112 Å². The molecule has 5 nitrogen and oxygen atoms in total. The van der Waals surface area contributed by atoms with Gasteiger partial charge in [0.2, 0.25) is 11.8 Å². The second-order valence-corrected chi connectivity index (χ2v) is 4.64. The normalized spacial score (nSPS) is 13.6. The summed E-state index contributed by atoms with van der Waals surface area (Å²) in [4.78, 5) is 22.7. The molecule has 0 aromatic heterocycles. The average Bonchev–Trinajstić information content (AvgIpc) is 2.42. The monoisotopic (exact) mass is 262 g/mol. The van der Waals surface area contributed by atoms with Gasteiger partial charge in [-0.15, -0.1) is 0 Å². The SMILES string of the molecule is O=C(CCCO)NCc1ccc2c(c1)CCC(=O)N2. The molecule has 0 fully saturated rings. The largest absolute Gasteiger partial charge is 0.396 e. The number of aryl methyl sites for hydroxylation is 1. The minimum atomic E-state index is -0.0555. The summed E-state index contributed by atoms with van der Waals surface area (Å²) in [5, 5.41) is 14.3. The van der Waals surface area contributed by atoms with Crippen molar-refractivity contribution < 1.29 is 14.7 Å². The number of rotatable bonds is 5. The number of amides is 2. The fourth-order valence-corrected chi connectivity index (χ4v) is 2.08. The minimum Gasteiger partial charge on any atom is -0.396 e. The van der Waals surface area contributed by atoms with Gasteiger partial charge in [-0.1, -0.05) is 12.1 Å². The molecule has 1 aliphatic heterocycles. The van der Waals surface area contributed by atoms with Crippen LogP contribution in [0.3, 0.4) is 0 Å². The zero-order chi connectivity index (χ0) is 13.7. The lowest BCUT2D eigenvalue weighted by atomic mass is 10.0. The lowest BCUT2D eigenvalue weighted by Gasteiger charge is -2.17. The van der Waals surface area contributed by atoms with Crippen LogP contribution >= 0.6 is 0 Å². The molecule has 1 aliphatic rings. The van der Waals surface area contributed by atoms with Gasteiger partial charge in [0.1, 0.15) is 0 Å². The summed E-state index contributed by atoms with van der Waals surface area (Å²) < 4.78 is 0. The van der Waals surface area contributed by atoms with Crippen LogP contribution in [-0.4, -0.2) is 23.5 Å². The summed E-state index contributed by atoms with van der Waals surface area (Å²) in [6.45, 7) is 0.511. The molecule has 0 saturated carbocycles. The number of anilines is 1. The Morgan fingerprint density at radius 2 is 2.21 bits per heavy atom. The molecule has 0 bridgehead atoms. The van der Waals surface area contributed by atoms with E-state index in [1.54, 1.807) is 0 Å². The number of hydrogen-bond acceptors (Lipinski definition) is 3. The van der Waals surface area contributed by atoms with Crippen LogP contribution in [-0.2, 0) is 22.6 Å².